The van der Waals surface area contributed by atoms with Gasteiger partial charge in [0.1, 0.15) is 5.82 Å². The molecule has 2 aliphatic rings. The zero-order valence-electron chi connectivity index (χ0n) is 17.2. The van der Waals surface area contributed by atoms with Crippen LogP contribution < -0.4 is 0 Å². The van der Waals surface area contributed by atoms with Crippen molar-refractivity contribution in [2.45, 2.75) is 52.0 Å². The highest BCUT2D eigenvalue weighted by atomic mass is 16.2. The number of para-hydroxylation sites is 1. The number of fused-ring (bicyclic) bond motifs is 1. The number of carbonyl (C=O) groups is 1. The molecular weight excluding hydrogens is 360 g/mol. The summed E-state index contributed by atoms with van der Waals surface area (Å²) < 4.78 is 2.44. The van der Waals surface area contributed by atoms with Gasteiger partial charge >= 0.3 is 0 Å². The molecule has 0 atom stereocenters. The zero-order chi connectivity index (χ0) is 19.8. The largest absolute Gasteiger partial charge is 0.361 e. The highest BCUT2D eigenvalue weighted by Gasteiger charge is 2.27. The van der Waals surface area contributed by atoms with E-state index in [9.17, 15) is 4.79 Å². The summed E-state index contributed by atoms with van der Waals surface area (Å²) in [6.45, 7) is 5.05. The molecule has 0 radical (unpaired) electrons. The summed E-state index contributed by atoms with van der Waals surface area (Å²) in [5.74, 6) is 3.00. The summed E-state index contributed by atoms with van der Waals surface area (Å²) in [6, 6.07) is 8.20. The van der Waals surface area contributed by atoms with Crippen LogP contribution in [0.5, 0.6) is 0 Å². The Balaban J connectivity index is 1.17. The summed E-state index contributed by atoms with van der Waals surface area (Å²) >= 11 is 0. The molecule has 0 unspecified atom stereocenters. The number of hydrogen-bond donors (Lipinski definition) is 1. The predicted octanol–water partition coefficient (Wildman–Crippen LogP) is 4.11. The van der Waals surface area contributed by atoms with Gasteiger partial charge in [-0.25, -0.2) is 4.98 Å². The first-order valence-corrected chi connectivity index (χ1v) is 11.0. The Hall–Kier alpha value is -2.56. The van der Waals surface area contributed by atoms with Crippen LogP contribution in [0.4, 0.5) is 0 Å². The number of aromatic nitrogens is 3. The van der Waals surface area contributed by atoms with Crippen molar-refractivity contribution >= 4 is 16.8 Å². The van der Waals surface area contributed by atoms with Crippen LogP contribution in [0.3, 0.4) is 0 Å². The minimum Gasteiger partial charge on any atom is -0.361 e. The van der Waals surface area contributed by atoms with Gasteiger partial charge in [0.15, 0.2) is 0 Å². The van der Waals surface area contributed by atoms with E-state index in [0.717, 1.165) is 61.3 Å². The van der Waals surface area contributed by atoms with E-state index in [0.29, 0.717) is 12.3 Å². The summed E-state index contributed by atoms with van der Waals surface area (Å²) in [7, 11) is 0. The molecule has 0 bridgehead atoms. The van der Waals surface area contributed by atoms with Crippen molar-refractivity contribution in [2.24, 2.45) is 11.8 Å². The highest BCUT2D eigenvalue weighted by Crippen LogP contribution is 2.32. The number of piperidine rings is 1. The first kappa shape index (κ1) is 18.5. The molecule has 2 fully saturated rings. The van der Waals surface area contributed by atoms with Gasteiger partial charge in [0.25, 0.3) is 0 Å². The first-order chi connectivity index (χ1) is 14.2. The van der Waals surface area contributed by atoms with Gasteiger partial charge in [0.2, 0.25) is 5.91 Å². The Labute approximate surface area is 172 Å². The lowest BCUT2D eigenvalue weighted by atomic mass is 9.93. The minimum atomic E-state index is 0.249. The lowest BCUT2D eigenvalue weighted by Crippen LogP contribution is -2.39. The molecule has 1 saturated carbocycles. The summed E-state index contributed by atoms with van der Waals surface area (Å²) in [4.78, 5) is 22.9. The van der Waals surface area contributed by atoms with Gasteiger partial charge in [0.05, 0.1) is 6.42 Å². The Morgan fingerprint density at radius 1 is 1.14 bits per heavy atom. The average Bonchev–Trinajstić information content (AvgIpc) is 3.39. The van der Waals surface area contributed by atoms with Gasteiger partial charge in [-0.1, -0.05) is 18.2 Å². The molecular formula is C24H30N4O. The number of rotatable bonds is 6. The molecule has 3 aromatic rings. The maximum absolute atomic E-state index is 12.9. The summed E-state index contributed by atoms with van der Waals surface area (Å²) in [6.07, 6.45) is 10.4. The van der Waals surface area contributed by atoms with Gasteiger partial charge < -0.3 is 14.5 Å². The monoisotopic (exact) mass is 390 g/mol. The summed E-state index contributed by atoms with van der Waals surface area (Å²) in [5.41, 5.74) is 3.49. The molecule has 1 N–H and O–H groups in total. The van der Waals surface area contributed by atoms with E-state index in [1.165, 1.54) is 24.4 Å². The number of nitrogens with one attached hydrogen (secondary N) is 1. The van der Waals surface area contributed by atoms with Crippen molar-refractivity contribution in [3.63, 3.8) is 0 Å². The Morgan fingerprint density at radius 3 is 2.72 bits per heavy atom. The van der Waals surface area contributed by atoms with E-state index in [1.54, 1.807) is 0 Å². The van der Waals surface area contributed by atoms with E-state index in [1.807, 2.05) is 24.5 Å². The van der Waals surface area contributed by atoms with Crippen molar-refractivity contribution in [3.8, 4) is 0 Å². The van der Waals surface area contributed by atoms with E-state index >= 15 is 0 Å². The highest BCUT2D eigenvalue weighted by molar-refractivity contribution is 5.88. The first-order valence-electron chi connectivity index (χ1n) is 11.0. The number of nitrogens with zero attached hydrogens (tertiary/aromatic N) is 3. The topological polar surface area (TPSA) is 53.9 Å². The van der Waals surface area contributed by atoms with Crippen LogP contribution in [-0.4, -0.2) is 38.4 Å². The Bertz CT molecular complexity index is 1000. The molecule has 5 nitrogen and oxygen atoms in total. The van der Waals surface area contributed by atoms with Crippen molar-refractivity contribution < 1.29 is 4.79 Å². The fraction of sp³-hybridized carbons (Fsp3) is 0.500. The second-order valence-corrected chi connectivity index (χ2v) is 8.93. The minimum absolute atomic E-state index is 0.249. The second-order valence-electron chi connectivity index (χ2n) is 8.93. The van der Waals surface area contributed by atoms with E-state index in [-0.39, 0.29) is 5.91 Å². The Kier molecular flexibility index (Phi) is 4.90. The number of aryl methyl sites for hydroxylation is 1. The number of likely N-dealkylation sites (tertiary alicyclic amines) is 1. The number of H-pyrrole nitrogens is 1. The number of hydrogen-bond acceptors (Lipinski definition) is 2. The summed E-state index contributed by atoms with van der Waals surface area (Å²) in [5, 5.41) is 1.16. The second kappa shape index (κ2) is 7.69. The molecule has 2 aromatic heterocycles. The van der Waals surface area contributed by atoms with Crippen molar-refractivity contribution in [1.29, 1.82) is 0 Å². The predicted molar refractivity (Wildman–Crippen MR) is 115 cm³/mol. The normalized spacial score (nSPS) is 17.9. The van der Waals surface area contributed by atoms with E-state index < -0.39 is 0 Å². The maximum atomic E-state index is 12.9. The molecule has 1 aliphatic carbocycles. The van der Waals surface area contributed by atoms with Crippen LogP contribution in [-0.2, 0) is 24.2 Å². The molecule has 1 amide bonds. The number of amides is 1. The van der Waals surface area contributed by atoms with Crippen molar-refractivity contribution in [2.75, 3.05) is 13.1 Å². The number of carbonyl (C=O) groups excluding carboxylic acids is 1. The molecule has 0 spiro atoms. The standard InChI is InChI=1S/C24H30N4O/c1-17-14-26-23(28(17)16-19-6-7-19)12-18-8-10-27(11-9-18)24(29)13-20-15-25-22-5-3-2-4-21(20)22/h2-5,14-15,18-19,25H,6-13,16H2,1H3. The number of imidazole rings is 1. The van der Waals surface area contributed by atoms with Crippen molar-refractivity contribution in [1.82, 2.24) is 19.4 Å². The number of aromatic amines is 1. The molecule has 1 aliphatic heterocycles. The fourth-order valence-corrected chi connectivity index (χ4v) is 4.68. The average molecular weight is 391 g/mol. The molecule has 1 saturated heterocycles. The van der Waals surface area contributed by atoms with Gasteiger partial charge in [-0.2, -0.15) is 0 Å². The van der Waals surface area contributed by atoms with Crippen LogP contribution in [0, 0.1) is 18.8 Å². The van der Waals surface area contributed by atoms with Crippen LogP contribution in [0.25, 0.3) is 10.9 Å². The molecule has 29 heavy (non-hydrogen) atoms. The van der Waals surface area contributed by atoms with Gasteiger partial charge in [-0.15, -0.1) is 0 Å². The molecule has 5 rings (SSSR count). The van der Waals surface area contributed by atoms with Crippen LogP contribution in [0.15, 0.2) is 36.7 Å². The third kappa shape index (κ3) is 3.96. The molecule has 152 valence electrons. The quantitative estimate of drug-likeness (QED) is 0.689. The van der Waals surface area contributed by atoms with Crippen LogP contribution in [0.1, 0.15) is 42.8 Å². The van der Waals surface area contributed by atoms with Crippen molar-refractivity contribution in [3.05, 3.63) is 53.7 Å². The van der Waals surface area contributed by atoms with E-state index in [4.69, 9.17) is 4.98 Å². The van der Waals surface area contributed by atoms with Crippen LogP contribution in [0.2, 0.25) is 0 Å². The SMILES string of the molecule is Cc1cnc(CC2CCN(C(=O)Cc3c[nH]c4ccccc34)CC2)n1CC1CC1. The third-order valence-electron chi connectivity index (χ3n) is 6.73. The smallest absolute Gasteiger partial charge is 0.227 e. The van der Waals surface area contributed by atoms with Gasteiger partial charge in [-0.3, -0.25) is 4.79 Å². The lowest BCUT2D eigenvalue weighted by molar-refractivity contribution is -0.131. The molecule has 5 heteroatoms. The van der Waals surface area contributed by atoms with Gasteiger partial charge in [-0.05, 0) is 56.1 Å². The number of benzene rings is 1. The fourth-order valence-electron chi connectivity index (χ4n) is 4.68. The Morgan fingerprint density at radius 2 is 1.93 bits per heavy atom. The van der Waals surface area contributed by atoms with Gasteiger partial charge in [0, 0.05) is 55.0 Å². The zero-order valence-corrected chi connectivity index (χ0v) is 17.2. The lowest BCUT2D eigenvalue weighted by Gasteiger charge is -2.32. The van der Waals surface area contributed by atoms with Crippen LogP contribution >= 0.6 is 0 Å². The molecule has 3 heterocycles. The molecule has 1 aromatic carbocycles. The maximum Gasteiger partial charge on any atom is 0.227 e. The van der Waals surface area contributed by atoms with E-state index in [2.05, 4.69) is 33.5 Å². The third-order valence-corrected chi connectivity index (χ3v) is 6.73.